The maximum atomic E-state index is 15.0. The molecule has 1 aliphatic carbocycles. The van der Waals surface area contributed by atoms with Crippen molar-refractivity contribution >= 4 is 23.6 Å². The largest absolute Gasteiger partial charge is 0.443 e. The normalized spacial score (nSPS) is 21.2. The average molecular weight is 450 g/mol. The first-order valence-corrected chi connectivity index (χ1v) is 11.1. The Hall–Kier alpha value is -2.88. The van der Waals surface area contributed by atoms with Crippen LogP contribution in [-0.4, -0.2) is 61.7 Å². The lowest BCUT2D eigenvalue weighted by Crippen LogP contribution is -2.51. The molecule has 2 aliphatic rings. The molecule has 32 heavy (non-hydrogen) atoms. The molecular weight excluding hydrogens is 417 g/mol. The zero-order valence-electron chi connectivity index (χ0n) is 18.5. The first-order valence-electron chi connectivity index (χ1n) is 11.1. The maximum absolute atomic E-state index is 15.0. The number of ether oxygens (including phenoxy) is 2. The van der Waals surface area contributed by atoms with E-state index in [1.165, 1.54) is 0 Å². The molecule has 0 radical (unpaired) electrons. The number of hydrogen-bond donors (Lipinski definition) is 2. The van der Waals surface area contributed by atoms with Gasteiger partial charge in [-0.3, -0.25) is 4.79 Å². The predicted molar refractivity (Wildman–Crippen MR) is 119 cm³/mol. The summed E-state index contributed by atoms with van der Waals surface area (Å²) in [7, 11) is 0. The van der Waals surface area contributed by atoms with E-state index < -0.39 is 17.9 Å². The number of nitrogens with zero attached hydrogens (tertiary/aromatic N) is 3. The second-order valence-electron chi connectivity index (χ2n) is 8.08. The molecule has 0 aromatic heterocycles. The molecule has 176 valence electrons. The zero-order valence-corrected chi connectivity index (χ0v) is 18.5. The second kappa shape index (κ2) is 11.1. The van der Waals surface area contributed by atoms with Crippen LogP contribution in [0.15, 0.2) is 23.2 Å². The highest BCUT2D eigenvalue weighted by Gasteiger charge is 2.31. The third kappa shape index (κ3) is 6.09. The Morgan fingerprint density at radius 3 is 2.44 bits per heavy atom. The number of guanidine groups is 1. The molecule has 0 atom stereocenters. The van der Waals surface area contributed by atoms with E-state index in [-0.39, 0.29) is 30.1 Å². The van der Waals surface area contributed by atoms with E-state index in [2.05, 4.69) is 4.99 Å². The highest BCUT2D eigenvalue weighted by Crippen LogP contribution is 2.29. The summed E-state index contributed by atoms with van der Waals surface area (Å²) in [5.74, 6) is -0.628. The minimum absolute atomic E-state index is 0.0539. The van der Waals surface area contributed by atoms with Gasteiger partial charge in [-0.1, -0.05) is 12.1 Å². The summed E-state index contributed by atoms with van der Waals surface area (Å²) < 4.78 is 25.6. The standard InChI is InChI=1S/C22H32FN5O4/c1-2-31-17-8-6-15(7-9-17)20(29)28-12-10-27(11-13-28)18-5-3-4-16(19(18)23)14-32-22(30)26-21(24)25/h3-5,15,17H,2,6-14H2,1H3,(H4,24,25,26,30). The Kier molecular flexibility index (Phi) is 8.26. The van der Waals surface area contributed by atoms with Gasteiger partial charge < -0.3 is 30.7 Å². The van der Waals surface area contributed by atoms with E-state index in [9.17, 15) is 9.59 Å². The minimum atomic E-state index is -0.975. The summed E-state index contributed by atoms with van der Waals surface area (Å²) >= 11 is 0. The Morgan fingerprint density at radius 1 is 1.12 bits per heavy atom. The smallest absolute Gasteiger partial charge is 0.437 e. The molecule has 1 heterocycles. The van der Waals surface area contributed by atoms with Crippen LogP contribution in [0.25, 0.3) is 0 Å². The van der Waals surface area contributed by atoms with E-state index in [0.29, 0.717) is 38.5 Å². The fourth-order valence-electron chi connectivity index (χ4n) is 4.34. The molecule has 1 saturated carbocycles. The molecule has 2 amide bonds. The van der Waals surface area contributed by atoms with Crippen LogP contribution in [0.5, 0.6) is 0 Å². The van der Waals surface area contributed by atoms with Crippen molar-refractivity contribution in [1.82, 2.24) is 4.90 Å². The van der Waals surface area contributed by atoms with Gasteiger partial charge in [0, 0.05) is 44.3 Å². The molecule has 0 spiro atoms. The van der Waals surface area contributed by atoms with Gasteiger partial charge in [0.15, 0.2) is 11.8 Å². The van der Waals surface area contributed by atoms with Crippen LogP contribution in [0.1, 0.15) is 38.2 Å². The number of nitrogens with two attached hydrogens (primary N) is 2. The highest BCUT2D eigenvalue weighted by atomic mass is 19.1. The van der Waals surface area contributed by atoms with Gasteiger partial charge in [-0.2, -0.15) is 0 Å². The lowest BCUT2D eigenvalue weighted by atomic mass is 9.86. The molecule has 1 saturated heterocycles. The Labute approximate surface area is 187 Å². The van der Waals surface area contributed by atoms with Crippen LogP contribution in [0, 0.1) is 11.7 Å². The fourth-order valence-corrected chi connectivity index (χ4v) is 4.34. The minimum Gasteiger partial charge on any atom is -0.443 e. The van der Waals surface area contributed by atoms with Crippen molar-refractivity contribution in [2.24, 2.45) is 22.4 Å². The number of halogens is 1. The molecule has 3 rings (SSSR count). The van der Waals surface area contributed by atoms with Crippen LogP contribution in [0.3, 0.4) is 0 Å². The predicted octanol–water partition coefficient (Wildman–Crippen LogP) is 1.98. The van der Waals surface area contributed by atoms with Crippen LogP contribution >= 0.6 is 0 Å². The SMILES string of the molecule is CCOC1CCC(C(=O)N2CCN(c3cccc(COC(=O)N=C(N)N)c3F)CC2)CC1. The van der Waals surface area contributed by atoms with Gasteiger partial charge in [0.2, 0.25) is 5.91 Å². The Bertz CT molecular complexity index is 830. The number of carbonyl (C=O) groups is 2. The van der Waals surface area contributed by atoms with E-state index >= 15 is 4.39 Å². The molecule has 1 aromatic carbocycles. The van der Waals surface area contributed by atoms with Gasteiger partial charge in [-0.15, -0.1) is 4.99 Å². The van der Waals surface area contributed by atoms with Gasteiger partial charge >= 0.3 is 6.09 Å². The summed E-state index contributed by atoms with van der Waals surface area (Å²) in [4.78, 5) is 31.4. The van der Waals surface area contributed by atoms with Crippen molar-refractivity contribution in [2.45, 2.75) is 45.3 Å². The summed E-state index contributed by atoms with van der Waals surface area (Å²) in [5, 5.41) is 0. The topological polar surface area (TPSA) is 123 Å². The lowest BCUT2D eigenvalue weighted by Gasteiger charge is -2.39. The number of aliphatic imine (C=N–C) groups is 1. The first kappa shape index (κ1) is 23.8. The first-order chi connectivity index (χ1) is 15.4. The highest BCUT2D eigenvalue weighted by molar-refractivity contribution is 5.87. The molecule has 0 unspecified atom stereocenters. The van der Waals surface area contributed by atoms with E-state index in [1.54, 1.807) is 18.2 Å². The Balaban J connectivity index is 1.53. The average Bonchev–Trinajstić information content (AvgIpc) is 2.78. The zero-order chi connectivity index (χ0) is 23.1. The lowest BCUT2D eigenvalue weighted by molar-refractivity contribution is -0.137. The van der Waals surface area contributed by atoms with Crippen molar-refractivity contribution in [2.75, 3.05) is 37.7 Å². The molecule has 0 bridgehead atoms. The van der Waals surface area contributed by atoms with Crippen molar-refractivity contribution in [3.63, 3.8) is 0 Å². The molecule has 9 nitrogen and oxygen atoms in total. The number of hydrogen-bond acceptors (Lipinski definition) is 5. The number of anilines is 1. The third-order valence-electron chi connectivity index (χ3n) is 5.99. The van der Waals surface area contributed by atoms with Gasteiger partial charge in [0.05, 0.1) is 11.8 Å². The quantitative estimate of drug-likeness (QED) is 0.503. The molecule has 1 aliphatic heterocycles. The van der Waals surface area contributed by atoms with Crippen molar-refractivity contribution in [3.05, 3.63) is 29.6 Å². The number of rotatable bonds is 6. The molecule has 10 heteroatoms. The van der Waals surface area contributed by atoms with Gasteiger partial charge in [0.1, 0.15) is 6.61 Å². The second-order valence-corrected chi connectivity index (χ2v) is 8.08. The summed E-state index contributed by atoms with van der Waals surface area (Å²) in [6, 6.07) is 4.93. The van der Waals surface area contributed by atoms with Gasteiger partial charge in [-0.05, 0) is 38.7 Å². The van der Waals surface area contributed by atoms with Crippen LogP contribution in [0.2, 0.25) is 0 Å². The van der Waals surface area contributed by atoms with Crippen LogP contribution < -0.4 is 16.4 Å². The van der Waals surface area contributed by atoms with Crippen LogP contribution in [0.4, 0.5) is 14.9 Å². The van der Waals surface area contributed by atoms with Crippen LogP contribution in [-0.2, 0) is 20.9 Å². The maximum Gasteiger partial charge on any atom is 0.437 e. The van der Waals surface area contributed by atoms with Crippen molar-refractivity contribution in [1.29, 1.82) is 0 Å². The van der Waals surface area contributed by atoms with Crippen molar-refractivity contribution < 1.29 is 23.5 Å². The number of benzene rings is 1. The summed E-state index contributed by atoms with van der Waals surface area (Å²) in [5.41, 5.74) is 10.9. The van der Waals surface area contributed by atoms with E-state index in [1.807, 2.05) is 16.7 Å². The van der Waals surface area contributed by atoms with Gasteiger partial charge in [-0.25, -0.2) is 9.18 Å². The molecule has 1 aromatic rings. The molecule has 4 N–H and O–H groups in total. The van der Waals surface area contributed by atoms with Crippen molar-refractivity contribution in [3.8, 4) is 0 Å². The number of piperazine rings is 1. The third-order valence-corrected chi connectivity index (χ3v) is 5.99. The molecule has 2 fully saturated rings. The van der Waals surface area contributed by atoms with E-state index in [0.717, 1.165) is 25.7 Å². The Morgan fingerprint density at radius 2 is 1.81 bits per heavy atom. The molecular formula is C22H32FN5O4. The number of amides is 2. The van der Waals surface area contributed by atoms with Gasteiger partial charge in [0.25, 0.3) is 0 Å². The fraction of sp³-hybridized carbons (Fsp3) is 0.591. The monoisotopic (exact) mass is 449 g/mol. The summed E-state index contributed by atoms with van der Waals surface area (Å²) in [6.45, 7) is 4.59. The number of carbonyl (C=O) groups excluding carboxylic acids is 2. The summed E-state index contributed by atoms with van der Waals surface area (Å²) in [6.07, 6.45) is 2.87. The van der Waals surface area contributed by atoms with E-state index in [4.69, 9.17) is 20.9 Å².